The fraction of sp³-hybridized carbons (Fsp3) is 0.176. The molecule has 0 spiro atoms. The van der Waals surface area contributed by atoms with E-state index in [-0.39, 0.29) is 5.91 Å². The lowest BCUT2D eigenvalue weighted by molar-refractivity contribution is -0.115. The Morgan fingerprint density at radius 1 is 1.18 bits per heavy atom. The second-order valence-electron chi connectivity index (χ2n) is 4.97. The van der Waals surface area contributed by atoms with Crippen molar-refractivity contribution in [3.63, 3.8) is 0 Å². The van der Waals surface area contributed by atoms with Gasteiger partial charge >= 0.3 is 5.97 Å². The Balaban J connectivity index is 2.11. The van der Waals surface area contributed by atoms with Crippen molar-refractivity contribution < 1.29 is 19.1 Å². The Morgan fingerprint density at radius 2 is 2.00 bits per heavy atom. The molecule has 0 fully saturated rings. The largest absolute Gasteiger partial charge is 0.495 e. The minimum atomic E-state index is -0.447. The van der Waals surface area contributed by atoms with E-state index in [9.17, 15) is 9.59 Å². The fourth-order valence-electron chi connectivity index (χ4n) is 2.65. The number of para-hydroxylation sites is 1. The number of anilines is 1. The molecule has 0 atom stereocenters. The van der Waals surface area contributed by atoms with Gasteiger partial charge in [0.2, 0.25) is 5.91 Å². The van der Waals surface area contributed by atoms with E-state index < -0.39 is 5.97 Å². The second-order valence-corrected chi connectivity index (χ2v) is 4.97. The van der Waals surface area contributed by atoms with Crippen molar-refractivity contribution in [3.8, 4) is 16.9 Å². The normalized spacial score (nSPS) is 12.5. The first-order chi connectivity index (χ1) is 10.6. The lowest BCUT2D eigenvalue weighted by Gasteiger charge is -2.13. The van der Waals surface area contributed by atoms with E-state index in [1.807, 2.05) is 24.3 Å². The molecule has 22 heavy (non-hydrogen) atoms. The predicted molar refractivity (Wildman–Crippen MR) is 82.1 cm³/mol. The van der Waals surface area contributed by atoms with Crippen LogP contribution in [0, 0.1) is 0 Å². The van der Waals surface area contributed by atoms with Crippen LogP contribution in [0.1, 0.15) is 15.9 Å². The van der Waals surface area contributed by atoms with Crippen LogP contribution in [0.15, 0.2) is 36.4 Å². The Morgan fingerprint density at radius 3 is 2.73 bits per heavy atom. The van der Waals surface area contributed by atoms with E-state index in [1.165, 1.54) is 14.2 Å². The first kappa shape index (κ1) is 14.1. The maximum atomic E-state index is 11.9. The van der Waals surface area contributed by atoms with Gasteiger partial charge in [0.05, 0.1) is 20.6 Å². The highest BCUT2D eigenvalue weighted by molar-refractivity contribution is 6.00. The van der Waals surface area contributed by atoms with Gasteiger partial charge in [-0.1, -0.05) is 18.2 Å². The number of methoxy groups -OCH3 is 2. The van der Waals surface area contributed by atoms with E-state index in [1.54, 1.807) is 12.1 Å². The summed E-state index contributed by atoms with van der Waals surface area (Å²) in [5.41, 5.74) is 3.81. The van der Waals surface area contributed by atoms with Crippen LogP contribution < -0.4 is 10.1 Å². The third-order valence-corrected chi connectivity index (χ3v) is 3.67. The van der Waals surface area contributed by atoms with Gasteiger partial charge in [-0.25, -0.2) is 4.79 Å². The summed E-state index contributed by atoms with van der Waals surface area (Å²) >= 11 is 0. The zero-order valence-electron chi connectivity index (χ0n) is 12.3. The van der Waals surface area contributed by atoms with Gasteiger partial charge in [-0.05, 0) is 29.3 Å². The summed E-state index contributed by atoms with van der Waals surface area (Å²) in [5, 5.41) is 2.80. The number of carbonyl (C=O) groups is 2. The fourth-order valence-corrected chi connectivity index (χ4v) is 2.65. The topological polar surface area (TPSA) is 64.6 Å². The molecule has 1 heterocycles. The molecule has 0 saturated carbocycles. The summed E-state index contributed by atoms with van der Waals surface area (Å²) in [6.45, 7) is 0. The molecule has 1 amide bonds. The van der Waals surface area contributed by atoms with Crippen LogP contribution in [0.25, 0.3) is 11.1 Å². The van der Waals surface area contributed by atoms with E-state index in [2.05, 4.69) is 5.32 Å². The number of ether oxygens (including phenoxy) is 2. The molecule has 1 aliphatic heterocycles. The molecule has 2 aromatic carbocycles. The average Bonchev–Trinajstić information content (AvgIpc) is 2.92. The molecule has 0 aliphatic carbocycles. The van der Waals surface area contributed by atoms with E-state index in [4.69, 9.17) is 9.47 Å². The minimum absolute atomic E-state index is 0.0116. The molecule has 0 aromatic heterocycles. The molecule has 0 radical (unpaired) electrons. The minimum Gasteiger partial charge on any atom is -0.495 e. The van der Waals surface area contributed by atoms with Gasteiger partial charge in [-0.3, -0.25) is 4.79 Å². The third kappa shape index (κ3) is 2.30. The zero-order valence-corrected chi connectivity index (χ0v) is 12.3. The van der Waals surface area contributed by atoms with Gasteiger partial charge in [0.25, 0.3) is 0 Å². The molecule has 3 rings (SSSR count). The van der Waals surface area contributed by atoms with Gasteiger partial charge < -0.3 is 14.8 Å². The number of rotatable bonds is 3. The standard InChI is InChI=1S/C17H15NO4/c1-21-16-12(4-3-5-13(16)17(20)22-2)10-6-7-14-11(8-10)9-15(19)18-14/h3-8H,9H2,1-2H3,(H,18,19). The van der Waals surface area contributed by atoms with Gasteiger partial charge in [-0.15, -0.1) is 0 Å². The molecule has 0 bridgehead atoms. The van der Waals surface area contributed by atoms with Crippen molar-refractivity contribution in [2.75, 3.05) is 19.5 Å². The van der Waals surface area contributed by atoms with Crippen molar-refractivity contribution in [3.05, 3.63) is 47.5 Å². The van der Waals surface area contributed by atoms with Crippen molar-refractivity contribution in [1.82, 2.24) is 0 Å². The van der Waals surface area contributed by atoms with Crippen molar-refractivity contribution in [2.45, 2.75) is 6.42 Å². The summed E-state index contributed by atoms with van der Waals surface area (Å²) in [4.78, 5) is 23.3. The molecule has 0 unspecified atom stereocenters. The molecule has 0 saturated heterocycles. The maximum absolute atomic E-state index is 11.9. The molecule has 1 aliphatic rings. The lowest BCUT2D eigenvalue weighted by Crippen LogP contribution is -2.05. The summed E-state index contributed by atoms with van der Waals surface area (Å²) in [6, 6.07) is 11.0. The average molecular weight is 297 g/mol. The van der Waals surface area contributed by atoms with E-state index in [0.29, 0.717) is 17.7 Å². The molecule has 5 heteroatoms. The number of esters is 1. The smallest absolute Gasteiger partial charge is 0.341 e. The highest BCUT2D eigenvalue weighted by Crippen LogP contribution is 2.36. The number of nitrogens with one attached hydrogen (secondary N) is 1. The van der Waals surface area contributed by atoms with E-state index >= 15 is 0 Å². The highest BCUT2D eigenvalue weighted by atomic mass is 16.5. The van der Waals surface area contributed by atoms with Crippen LogP contribution in [-0.2, 0) is 16.0 Å². The van der Waals surface area contributed by atoms with Crippen molar-refractivity contribution in [2.24, 2.45) is 0 Å². The van der Waals surface area contributed by atoms with Crippen LogP contribution >= 0.6 is 0 Å². The summed E-state index contributed by atoms with van der Waals surface area (Å²) in [6.07, 6.45) is 0.363. The Kier molecular flexibility index (Phi) is 3.55. The number of fused-ring (bicyclic) bond motifs is 1. The van der Waals surface area contributed by atoms with E-state index in [0.717, 1.165) is 22.4 Å². The van der Waals surface area contributed by atoms with Gasteiger partial charge in [-0.2, -0.15) is 0 Å². The van der Waals surface area contributed by atoms with Crippen LogP contribution in [0.4, 0.5) is 5.69 Å². The summed E-state index contributed by atoms with van der Waals surface area (Å²) < 4.78 is 10.2. The number of benzene rings is 2. The Bertz CT molecular complexity index is 767. The Hall–Kier alpha value is -2.82. The van der Waals surface area contributed by atoms with Crippen LogP contribution in [0.3, 0.4) is 0 Å². The highest BCUT2D eigenvalue weighted by Gasteiger charge is 2.21. The van der Waals surface area contributed by atoms with Crippen LogP contribution in [0.2, 0.25) is 0 Å². The predicted octanol–water partition coefficient (Wildman–Crippen LogP) is 2.64. The van der Waals surface area contributed by atoms with Crippen LogP contribution in [-0.4, -0.2) is 26.1 Å². The molecule has 1 N–H and O–H groups in total. The molecule has 112 valence electrons. The van der Waals surface area contributed by atoms with Gasteiger partial charge in [0.1, 0.15) is 11.3 Å². The number of hydrogen-bond donors (Lipinski definition) is 1. The molecule has 2 aromatic rings. The number of carbonyl (C=O) groups excluding carboxylic acids is 2. The zero-order chi connectivity index (χ0) is 15.7. The first-order valence-corrected chi connectivity index (χ1v) is 6.82. The second kappa shape index (κ2) is 5.52. The SMILES string of the molecule is COC(=O)c1cccc(-c2ccc3c(c2)CC(=O)N3)c1OC. The number of amides is 1. The molecular weight excluding hydrogens is 282 g/mol. The quantitative estimate of drug-likeness (QED) is 0.885. The maximum Gasteiger partial charge on any atom is 0.341 e. The summed E-state index contributed by atoms with van der Waals surface area (Å²) in [7, 11) is 2.85. The Labute approximate surface area is 127 Å². The van der Waals surface area contributed by atoms with Gasteiger partial charge in [0.15, 0.2) is 0 Å². The molecular formula is C17H15NO4. The third-order valence-electron chi connectivity index (χ3n) is 3.67. The van der Waals surface area contributed by atoms with Crippen LogP contribution in [0.5, 0.6) is 5.75 Å². The van der Waals surface area contributed by atoms with Gasteiger partial charge in [0, 0.05) is 11.3 Å². The summed E-state index contributed by atoms with van der Waals surface area (Å²) in [5.74, 6) is 0.00529. The lowest BCUT2D eigenvalue weighted by atomic mass is 9.98. The van der Waals surface area contributed by atoms with Crippen molar-refractivity contribution >= 4 is 17.6 Å². The monoisotopic (exact) mass is 297 g/mol. The van der Waals surface area contributed by atoms with Crippen molar-refractivity contribution in [1.29, 1.82) is 0 Å². The first-order valence-electron chi connectivity index (χ1n) is 6.82. The molecule has 5 nitrogen and oxygen atoms in total. The number of hydrogen-bond acceptors (Lipinski definition) is 4.